The minimum absolute atomic E-state index is 0.389. The number of aryl methyl sites for hydroxylation is 1. The van der Waals surface area contributed by atoms with E-state index in [0.717, 1.165) is 23.0 Å². The largest absolute Gasteiger partial charge is 0.325 e. The van der Waals surface area contributed by atoms with Gasteiger partial charge in [0.05, 0.1) is 6.04 Å². The van der Waals surface area contributed by atoms with Gasteiger partial charge in [0.1, 0.15) is 0 Å². The molecular weight excluding hydrogens is 304 g/mol. The third-order valence-corrected chi connectivity index (χ3v) is 3.79. The summed E-state index contributed by atoms with van der Waals surface area (Å²) >= 11 is 3.49. The summed E-state index contributed by atoms with van der Waals surface area (Å²) in [5.41, 5.74) is 4.83. The average molecular weight is 325 g/mol. The van der Waals surface area contributed by atoms with Crippen molar-refractivity contribution in [3.63, 3.8) is 0 Å². The average Bonchev–Trinajstić information content (AvgIpc) is 2.38. The molecule has 1 aliphatic carbocycles. The Hall–Kier alpha value is -1.07. The number of nitrogens with zero attached hydrogens (tertiary/aromatic N) is 1. The molecule has 4 N–H and O–H groups in total. The lowest BCUT2D eigenvalue weighted by atomic mass is 9.96. The molecule has 5 heteroatoms. The van der Waals surface area contributed by atoms with Crippen LogP contribution in [0.5, 0.6) is 0 Å². The van der Waals surface area contributed by atoms with Gasteiger partial charge in [-0.05, 0) is 43.5 Å². The minimum atomic E-state index is 0.389. The molecule has 0 radical (unpaired) electrons. The highest BCUT2D eigenvalue weighted by Crippen LogP contribution is 2.21. The van der Waals surface area contributed by atoms with Crippen LogP contribution < -0.4 is 16.6 Å². The zero-order valence-corrected chi connectivity index (χ0v) is 12.8. The van der Waals surface area contributed by atoms with Crippen LogP contribution in [0.2, 0.25) is 0 Å². The van der Waals surface area contributed by atoms with E-state index in [9.17, 15) is 0 Å². The minimum Gasteiger partial charge on any atom is -0.325 e. The number of benzene rings is 1. The topological polar surface area (TPSA) is 62.4 Å². The Bertz CT molecular complexity index is 433. The van der Waals surface area contributed by atoms with Crippen LogP contribution in [0.25, 0.3) is 0 Å². The van der Waals surface area contributed by atoms with Crippen LogP contribution in [0, 0.1) is 6.92 Å². The van der Waals surface area contributed by atoms with Crippen LogP contribution in [0.15, 0.2) is 27.7 Å². The molecule has 0 amide bonds. The summed E-state index contributed by atoms with van der Waals surface area (Å²) in [7, 11) is 0. The highest BCUT2D eigenvalue weighted by Gasteiger charge is 2.13. The summed E-state index contributed by atoms with van der Waals surface area (Å²) in [5.74, 6) is 6.20. The molecule has 1 fully saturated rings. The van der Waals surface area contributed by atoms with E-state index in [1.54, 1.807) is 0 Å². The highest BCUT2D eigenvalue weighted by atomic mass is 79.9. The van der Waals surface area contributed by atoms with Crippen molar-refractivity contribution in [3.05, 3.63) is 28.2 Å². The van der Waals surface area contributed by atoms with Crippen LogP contribution in [-0.4, -0.2) is 12.0 Å². The molecule has 104 valence electrons. The quantitative estimate of drug-likeness (QED) is 0.338. The zero-order chi connectivity index (χ0) is 13.7. The van der Waals surface area contributed by atoms with Crippen molar-refractivity contribution in [2.75, 3.05) is 5.32 Å². The molecular formula is C14H21BrN4. The summed E-state index contributed by atoms with van der Waals surface area (Å²) in [6.45, 7) is 2.06. The number of halogens is 1. The SMILES string of the molecule is Cc1cc(Br)cc(NC(=NC2CCCCC2)NN)c1. The van der Waals surface area contributed by atoms with Gasteiger partial charge in [0.2, 0.25) is 5.96 Å². The fourth-order valence-electron chi connectivity index (χ4n) is 2.44. The molecule has 0 aromatic heterocycles. The number of hydrogen-bond acceptors (Lipinski definition) is 2. The summed E-state index contributed by atoms with van der Waals surface area (Å²) in [6.07, 6.45) is 6.18. The van der Waals surface area contributed by atoms with Crippen molar-refractivity contribution in [2.45, 2.75) is 45.1 Å². The first-order valence-corrected chi connectivity index (χ1v) is 7.55. The van der Waals surface area contributed by atoms with Crippen molar-refractivity contribution in [1.82, 2.24) is 5.43 Å². The molecule has 0 heterocycles. The lowest BCUT2D eigenvalue weighted by Crippen LogP contribution is -2.37. The van der Waals surface area contributed by atoms with Gasteiger partial charge in [-0.3, -0.25) is 5.43 Å². The second kappa shape index (κ2) is 6.91. The fourth-order valence-corrected chi connectivity index (χ4v) is 3.05. The van der Waals surface area contributed by atoms with E-state index in [1.807, 2.05) is 6.07 Å². The van der Waals surface area contributed by atoms with Crippen LogP contribution in [-0.2, 0) is 0 Å². The molecule has 19 heavy (non-hydrogen) atoms. The highest BCUT2D eigenvalue weighted by molar-refractivity contribution is 9.10. The molecule has 0 unspecified atom stereocenters. The second-order valence-corrected chi connectivity index (χ2v) is 5.97. The monoisotopic (exact) mass is 324 g/mol. The van der Waals surface area contributed by atoms with Gasteiger partial charge in [0.25, 0.3) is 0 Å². The summed E-state index contributed by atoms with van der Waals surface area (Å²) < 4.78 is 1.05. The first kappa shape index (κ1) is 14.3. The Labute approximate surface area is 123 Å². The van der Waals surface area contributed by atoms with Crippen LogP contribution in [0.3, 0.4) is 0 Å². The van der Waals surface area contributed by atoms with E-state index in [4.69, 9.17) is 5.84 Å². The first-order chi connectivity index (χ1) is 9.17. The number of nitrogens with one attached hydrogen (secondary N) is 2. The maximum absolute atomic E-state index is 5.56. The third kappa shape index (κ3) is 4.51. The summed E-state index contributed by atoms with van der Waals surface area (Å²) in [4.78, 5) is 4.66. The van der Waals surface area contributed by atoms with E-state index >= 15 is 0 Å². The van der Waals surface area contributed by atoms with Gasteiger partial charge in [-0.2, -0.15) is 0 Å². The Morgan fingerprint density at radius 1 is 1.26 bits per heavy atom. The Morgan fingerprint density at radius 2 is 2.00 bits per heavy atom. The number of guanidine groups is 1. The van der Waals surface area contributed by atoms with Gasteiger partial charge in [-0.15, -0.1) is 0 Å². The van der Waals surface area contributed by atoms with Crippen LogP contribution >= 0.6 is 15.9 Å². The van der Waals surface area contributed by atoms with Crippen molar-refractivity contribution in [2.24, 2.45) is 10.8 Å². The number of nitrogens with two attached hydrogens (primary N) is 1. The van der Waals surface area contributed by atoms with Gasteiger partial charge in [-0.1, -0.05) is 35.2 Å². The molecule has 1 aromatic carbocycles. The number of hydrogen-bond donors (Lipinski definition) is 3. The van der Waals surface area contributed by atoms with Crippen molar-refractivity contribution in [1.29, 1.82) is 0 Å². The molecule has 0 bridgehead atoms. The fraction of sp³-hybridized carbons (Fsp3) is 0.500. The standard InChI is InChI=1S/C14H21BrN4/c1-10-7-11(15)9-13(8-10)18-14(19-16)17-12-5-3-2-4-6-12/h7-9,12H,2-6,16H2,1H3,(H2,17,18,19). The van der Waals surface area contributed by atoms with Crippen LogP contribution in [0.4, 0.5) is 5.69 Å². The van der Waals surface area contributed by atoms with E-state index in [2.05, 4.69) is 50.7 Å². The molecule has 0 aliphatic heterocycles. The number of anilines is 1. The van der Waals surface area contributed by atoms with Crippen LogP contribution in [0.1, 0.15) is 37.7 Å². The molecule has 4 nitrogen and oxygen atoms in total. The molecule has 0 spiro atoms. The van der Waals surface area contributed by atoms with E-state index < -0.39 is 0 Å². The van der Waals surface area contributed by atoms with Crippen molar-refractivity contribution >= 4 is 27.6 Å². The Kier molecular flexibility index (Phi) is 5.22. The normalized spacial score (nSPS) is 17.3. The van der Waals surface area contributed by atoms with E-state index in [-0.39, 0.29) is 0 Å². The predicted octanol–water partition coefficient (Wildman–Crippen LogP) is 3.32. The van der Waals surface area contributed by atoms with E-state index in [0.29, 0.717) is 12.0 Å². The maximum atomic E-state index is 5.56. The van der Waals surface area contributed by atoms with E-state index in [1.165, 1.54) is 24.8 Å². The van der Waals surface area contributed by atoms with Gasteiger partial charge in [-0.25, -0.2) is 10.8 Å². The summed E-state index contributed by atoms with van der Waals surface area (Å²) in [5, 5.41) is 3.24. The zero-order valence-electron chi connectivity index (χ0n) is 11.2. The van der Waals surface area contributed by atoms with Gasteiger partial charge in [0.15, 0.2) is 0 Å². The third-order valence-electron chi connectivity index (χ3n) is 3.33. The molecule has 2 rings (SSSR count). The van der Waals surface area contributed by atoms with Crippen molar-refractivity contribution in [3.8, 4) is 0 Å². The summed E-state index contributed by atoms with van der Waals surface area (Å²) in [6, 6.07) is 6.54. The Balaban J connectivity index is 2.07. The van der Waals surface area contributed by atoms with Gasteiger partial charge < -0.3 is 5.32 Å². The Morgan fingerprint density at radius 3 is 2.63 bits per heavy atom. The number of hydrazine groups is 1. The second-order valence-electron chi connectivity index (χ2n) is 5.06. The predicted molar refractivity (Wildman–Crippen MR) is 84.1 cm³/mol. The number of aliphatic imine (C=N–C) groups is 1. The maximum Gasteiger partial charge on any atom is 0.210 e. The van der Waals surface area contributed by atoms with Gasteiger partial charge >= 0.3 is 0 Å². The molecule has 1 aliphatic rings. The lowest BCUT2D eigenvalue weighted by molar-refractivity contribution is 0.442. The molecule has 0 saturated heterocycles. The smallest absolute Gasteiger partial charge is 0.210 e. The van der Waals surface area contributed by atoms with Gasteiger partial charge in [0, 0.05) is 10.2 Å². The van der Waals surface area contributed by atoms with Crippen molar-refractivity contribution < 1.29 is 0 Å². The number of rotatable bonds is 2. The molecule has 0 atom stereocenters. The first-order valence-electron chi connectivity index (χ1n) is 6.76. The lowest BCUT2D eigenvalue weighted by Gasteiger charge is -2.19. The molecule has 1 aromatic rings. The molecule has 1 saturated carbocycles.